The third-order valence-electron chi connectivity index (χ3n) is 6.05. The molecule has 0 aliphatic heterocycles. The molecule has 0 aromatic heterocycles. The van der Waals surface area contributed by atoms with E-state index in [0.717, 1.165) is 37.1 Å². The highest BCUT2D eigenvalue weighted by Crippen LogP contribution is 2.67. The number of carbonyl (C=O) groups excluding carboxylic acids is 1. The van der Waals surface area contributed by atoms with Gasteiger partial charge in [0.1, 0.15) is 10.1 Å². The topological polar surface area (TPSA) is 38.3 Å². The molecule has 1 N–H and O–H groups in total. The molecule has 1 amide bonds. The molecule has 3 saturated carbocycles. The third kappa shape index (κ3) is 2.90. The molecule has 1 unspecified atom stereocenters. The van der Waals surface area contributed by atoms with Crippen LogP contribution in [0.2, 0.25) is 0 Å². The van der Waals surface area contributed by atoms with E-state index in [2.05, 4.69) is 5.32 Å². The maximum absolute atomic E-state index is 12.6. The zero-order valence-corrected chi connectivity index (χ0v) is 15.3. The molecule has 1 aromatic carbocycles. The molecule has 3 fully saturated rings. The van der Waals surface area contributed by atoms with E-state index < -0.39 is 4.33 Å². The van der Waals surface area contributed by atoms with Crippen LogP contribution in [0.3, 0.4) is 0 Å². The van der Waals surface area contributed by atoms with Crippen LogP contribution in [0.15, 0.2) is 24.3 Å². The van der Waals surface area contributed by atoms with Crippen molar-refractivity contribution in [3.8, 4) is 5.75 Å². The normalized spacial score (nSPS) is 35.7. The molecular weight excluding hydrogens is 345 g/mol. The Bertz CT molecular complexity index is 609. The standard InChI is InChI=1S/C19H23Cl2NO2/c1-2-24-12-5-3-11(4-6-12)22-18(23)17-13-7-9-15-16(19(15,20)21)10-8-14(13)17/h3-6,13-17H,2,7-10H2,1H3,(H,22,23)/t13-,14-,15-,16+,17?/m1/s1. The average Bonchev–Trinajstić information content (AvgIpc) is 3.34. The number of nitrogens with one attached hydrogen (secondary N) is 1. The van der Waals surface area contributed by atoms with Crippen molar-refractivity contribution in [1.82, 2.24) is 0 Å². The molecule has 3 nitrogen and oxygen atoms in total. The van der Waals surface area contributed by atoms with E-state index in [4.69, 9.17) is 27.9 Å². The van der Waals surface area contributed by atoms with Gasteiger partial charge in [-0.25, -0.2) is 0 Å². The van der Waals surface area contributed by atoms with Crippen LogP contribution in [0, 0.1) is 29.6 Å². The first-order chi connectivity index (χ1) is 11.5. The zero-order valence-electron chi connectivity index (χ0n) is 13.8. The van der Waals surface area contributed by atoms with E-state index in [0.29, 0.717) is 30.3 Å². The number of fused-ring (bicyclic) bond motifs is 2. The molecule has 5 atom stereocenters. The van der Waals surface area contributed by atoms with Crippen LogP contribution >= 0.6 is 23.2 Å². The fourth-order valence-corrected chi connectivity index (χ4v) is 5.56. The van der Waals surface area contributed by atoms with Gasteiger partial charge in [0.05, 0.1) is 6.61 Å². The predicted octanol–water partition coefficient (Wildman–Crippen LogP) is 4.88. The number of carbonyl (C=O) groups is 1. The second-order valence-corrected chi connectivity index (χ2v) is 8.79. The highest BCUT2D eigenvalue weighted by atomic mass is 35.5. The number of amides is 1. The number of alkyl halides is 2. The summed E-state index contributed by atoms with van der Waals surface area (Å²) in [6.45, 7) is 2.60. The fraction of sp³-hybridized carbons (Fsp3) is 0.632. The average molecular weight is 368 g/mol. The predicted molar refractivity (Wildman–Crippen MR) is 96.6 cm³/mol. The van der Waals surface area contributed by atoms with Crippen LogP contribution in [0.4, 0.5) is 5.69 Å². The zero-order chi connectivity index (χ0) is 16.9. The van der Waals surface area contributed by atoms with Crippen LogP contribution < -0.4 is 10.1 Å². The van der Waals surface area contributed by atoms with Crippen LogP contribution in [0.5, 0.6) is 5.75 Å². The van der Waals surface area contributed by atoms with Crippen LogP contribution in [-0.4, -0.2) is 16.8 Å². The van der Waals surface area contributed by atoms with Crippen molar-refractivity contribution >= 4 is 34.8 Å². The first kappa shape index (κ1) is 16.5. The summed E-state index contributed by atoms with van der Waals surface area (Å²) in [7, 11) is 0. The van der Waals surface area contributed by atoms with Crippen molar-refractivity contribution in [3.63, 3.8) is 0 Å². The Kier molecular flexibility index (Phi) is 4.20. The Labute approximate surface area is 153 Å². The number of hydrogen-bond acceptors (Lipinski definition) is 2. The first-order valence-electron chi connectivity index (χ1n) is 8.94. The van der Waals surface area contributed by atoms with Gasteiger partial charge in [0.15, 0.2) is 0 Å². The quantitative estimate of drug-likeness (QED) is 0.770. The summed E-state index contributed by atoms with van der Waals surface area (Å²) in [5.74, 6) is 3.06. The molecule has 4 rings (SSSR count). The van der Waals surface area contributed by atoms with Crippen molar-refractivity contribution in [3.05, 3.63) is 24.3 Å². The number of benzene rings is 1. The molecule has 0 saturated heterocycles. The lowest BCUT2D eigenvalue weighted by Crippen LogP contribution is -2.15. The van der Waals surface area contributed by atoms with E-state index in [9.17, 15) is 4.79 Å². The summed E-state index contributed by atoms with van der Waals surface area (Å²) >= 11 is 12.7. The summed E-state index contributed by atoms with van der Waals surface area (Å²) < 4.78 is 4.94. The van der Waals surface area contributed by atoms with Gasteiger partial charge in [-0.05, 0) is 80.5 Å². The van der Waals surface area contributed by atoms with Crippen molar-refractivity contribution in [1.29, 1.82) is 0 Å². The van der Waals surface area contributed by atoms with Gasteiger partial charge < -0.3 is 10.1 Å². The van der Waals surface area contributed by atoms with Crippen molar-refractivity contribution in [2.75, 3.05) is 11.9 Å². The molecule has 0 heterocycles. The van der Waals surface area contributed by atoms with Gasteiger partial charge in [-0.1, -0.05) is 0 Å². The lowest BCUT2D eigenvalue weighted by molar-refractivity contribution is -0.117. The Morgan fingerprint density at radius 1 is 1.12 bits per heavy atom. The summed E-state index contributed by atoms with van der Waals surface area (Å²) in [5, 5.41) is 3.06. The minimum atomic E-state index is -0.489. The van der Waals surface area contributed by atoms with Gasteiger partial charge in [-0.3, -0.25) is 4.79 Å². The molecule has 0 spiro atoms. The molecule has 130 valence electrons. The smallest absolute Gasteiger partial charge is 0.228 e. The van der Waals surface area contributed by atoms with Gasteiger partial charge in [-0.15, -0.1) is 23.2 Å². The molecule has 5 heteroatoms. The monoisotopic (exact) mass is 367 g/mol. The molecule has 3 aliphatic carbocycles. The van der Waals surface area contributed by atoms with Crippen LogP contribution in [0.1, 0.15) is 32.6 Å². The minimum absolute atomic E-state index is 0.160. The Morgan fingerprint density at radius 2 is 1.71 bits per heavy atom. The van der Waals surface area contributed by atoms with Gasteiger partial charge in [0.25, 0.3) is 0 Å². The van der Waals surface area contributed by atoms with Crippen molar-refractivity contribution in [2.45, 2.75) is 36.9 Å². The van der Waals surface area contributed by atoms with E-state index in [-0.39, 0.29) is 11.8 Å². The Morgan fingerprint density at radius 3 is 2.25 bits per heavy atom. The van der Waals surface area contributed by atoms with Gasteiger partial charge >= 0.3 is 0 Å². The molecule has 3 aliphatic rings. The maximum Gasteiger partial charge on any atom is 0.228 e. The summed E-state index contributed by atoms with van der Waals surface area (Å²) in [6, 6.07) is 7.59. The second-order valence-electron chi connectivity index (χ2n) is 7.34. The Hall–Kier alpha value is -0.930. The largest absolute Gasteiger partial charge is 0.494 e. The molecule has 0 bridgehead atoms. The molecular formula is C19H23Cl2NO2. The molecule has 0 radical (unpaired) electrons. The second kappa shape index (κ2) is 6.10. The number of rotatable bonds is 4. The van der Waals surface area contributed by atoms with Crippen LogP contribution in [0.25, 0.3) is 0 Å². The number of hydrogen-bond donors (Lipinski definition) is 1. The van der Waals surface area contributed by atoms with Crippen molar-refractivity contribution in [2.24, 2.45) is 29.6 Å². The van der Waals surface area contributed by atoms with Gasteiger partial charge in [0, 0.05) is 11.6 Å². The minimum Gasteiger partial charge on any atom is -0.494 e. The van der Waals surface area contributed by atoms with E-state index in [1.165, 1.54) is 0 Å². The van der Waals surface area contributed by atoms with Crippen LogP contribution in [-0.2, 0) is 4.79 Å². The van der Waals surface area contributed by atoms with E-state index in [1.807, 2.05) is 31.2 Å². The van der Waals surface area contributed by atoms with E-state index in [1.54, 1.807) is 0 Å². The SMILES string of the molecule is CCOc1ccc(NC(=O)C2[C@@H]3CC[C@@H]4[C@H](CC[C@@H]23)C4(Cl)Cl)cc1. The first-order valence-corrected chi connectivity index (χ1v) is 9.69. The van der Waals surface area contributed by atoms with Crippen molar-refractivity contribution < 1.29 is 9.53 Å². The molecule has 1 aromatic rings. The summed E-state index contributed by atoms with van der Waals surface area (Å²) in [4.78, 5) is 12.6. The highest BCUT2D eigenvalue weighted by molar-refractivity contribution is 6.51. The number of ether oxygens (including phenoxy) is 1. The number of anilines is 1. The van der Waals surface area contributed by atoms with Gasteiger partial charge in [-0.2, -0.15) is 0 Å². The fourth-order valence-electron chi connectivity index (χ4n) is 4.64. The lowest BCUT2D eigenvalue weighted by atomic mass is 10.0. The number of halogens is 2. The summed E-state index contributed by atoms with van der Waals surface area (Å²) in [6.07, 6.45) is 4.28. The third-order valence-corrected chi connectivity index (χ3v) is 7.18. The Balaban J connectivity index is 1.33. The highest BCUT2D eigenvalue weighted by Gasteiger charge is 2.65. The maximum atomic E-state index is 12.6. The van der Waals surface area contributed by atoms with E-state index >= 15 is 0 Å². The van der Waals surface area contributed by atoms with Gasteiger partial charge in [0.2, 0.25) is 5.91 Å². The summed E-state index contributed by atoms with van der Waals surface area (Å²) in [5.41, 5.74) is 0.839. The molecule has 24 heavy (non-hydrogen) atoms. The lowest BCUT2D eigenvalue weighted by Gasteiger charge is -2.07.